The smallest absolute Gasteiger partial charge is 0.306 e. The summed E-state index contributed by atoms with van der Waals surface area (Å²) in [6.45, 7) is 4.86. The topological polar surface area (TPSA) is 49.8 Å². The molecular formula is C11H19NO3. The molecule has 4 nitrogen and oxygen atoms in total. The molecule has 2 aliphatic heterocycles. The molecule has 2 saturated heterocycles. The first kappa shape index (κ1) is 10.9. The van der Waals surface area contributed by atoms with Crippen molar-refractivity contribution >= 4 is 5.97 Å². The lowest BCUT2D eigenvalue weighted by Crippen LogP contribution is -2.40. The molecule has 0 radical (unpaired) electrons. The number of rotatable bonds is 3. The van der Waals surface area contributed by atoms with Gasteiger partial charge < -0.3 is 14.7 Å². The van der Waals surface area contributed by atoms with Crippen molar-refractivity contribution in [2.75, 3.05) is 32.8 Å². The summed E-state index contributed by atoms with van der Waals surface area (Å²) in [7, 11) is 0. The van der Waals surface area contributed by atoms with Crippen LogP contribution in [0, 0.1) is 11.8 Å². The normalized spacial score (nSPS) is 29.5. The zero-order valence-electron chi connectivity index (χ0n) is 9.02. The van der Waals surface area contributed by atoms with E-state index in [0.717, 1.165) is 52.1 Å². The average Bonchev–Trinajstić information content (AvgIpc) is 2.36. The summed E-state index contributed by atoms with van der Waals surface area (Å²) in [6, 6.07) is 0. The number of carboxylic acid groups (broad SMARTS) is 1. The molecule has 2 heterocycles. The van der Waals surface area contributed by atoms with E-state index in [0.29, 0.717) is 5.92 Å². The Bertz CT molecular complexity index is 228. The van der Waals surface area contributed by atoms with Gasteiger partial charge in [-0.3, -0.25) is 4.79 Å². The number of hydrogen-bond acceptors (Lipinski definition) is 3. The first-order valence-corrected chi connectivity index (χ1v) is 5.78. The Morgan fingerprint density at radius 3 is 2.73 bits per heavy atom. The molecule has 86 valence electrons. The van der Waals surface area contributed by atoms with Crippen LogP contribution in [0.5, 0.6) is 0 Å². The van der Waals surface area contributed by atoms with Gasteiger partial charge in [-0.2, -0.15) is 0 Å². The summed E-state index contributed by atoms with van der Waals surface area (Å²) in [6.07, 6.45) is 2.67. The fraction of sp³-hybridized carbons (Fsp3) is 0.909. The van der Waals surface area contributed by atoms with Crippen LogP contribution in [0.3, 0.4) is 0 Å². The molecule has 1 N–H and O–H groups in total. The van der Waals surface area contributed by atoms with Crippen LogP contribution in [0.4, 0.5) is 0 Å². The SMILES string of the molecule is O=C(O)C1CCCN(CC2COC2)CC1. The Morgan fingerprint density at radius 2 is 2.13 bits per heavy atom. The van der Waals surface area contributed by atoms with Crippen LogP contribution >= 0.6 is 0 Å². The number of likely N-dealkylation sites (tertiary alicyclic amines) is 1. The molecule has 15 heavy (non-hydrogen) atoms. The first-order chi connectivity index (χ1) is 7.25. The highest BCUT2D eigenvalue weighted by molar-refractivity contribution is 5.69. The Kier molecular flexibility index (Phi) is 3.59. The second-order valence-electron chi connectivity index (χ2n) is 4.67. The molecule has 2 aliphatic rings. The molecule has 1 atom stereocenters. The van der Waals surface area contributed by atoms with Gasteiger partial charge in [-0.1, -0.05) is 0 Å². The minimum absolute atomic E-state index is 0.118. The van der Waals surface area contributed by atoms with Crippen LogP contribution in [0.25, 0.3) is 0 Å². The van der Waals surface area contributed by atoms with E-state index >= 15 is 0 Å². The van der Waals surface area contributed by atoms with E-state index in [9.17, 15) is 4.79 Å². The van der Waals surface area contributed by atoms with Crippen molar-refractivity contribution in [2.45, 2.75) is 19.3 Å². The lowest BCUT2D eigenvalue weighted by Gasteiger charge is -2.31. The van der Waals surface area contributed by atoms with Gasteiger partial charge in [-0.25, -0.2) is 0 Å². The van der Waals surface area contributed by atoms with Crippen molar-refractivity contribution in [1.29, 1.82) is 0 Å². The number of carbonyl (C=O) groups is 1. The van der Waals surface area contributed by atoms with Gasteiger partial charge in [0.1, 0.15) is 0 Å². The summed E-state index contributed by atoms with van der Waals surface area (Å²) in [5.74, 6) is -0.0529. The van der Waals surface area contributed by atoms with Gasteiger partial charge in [0.25, 0.3) is 0 Å². The second-order valence-corrected chi connectivity index (χ2v) is 4.67. The van der Waals surface area contributed by atoms with Crippen molar-refractivity contribution in [3.63, 3.8) is 0 Å². The maximum Gasteiger partial charge on any atom is 0.306 e. The van der Waals surface area contributed by atoms with E-state index in [1.807, 2.05) is 0 Å². The van der Waals surface area contributed by atoms with Crippen LogP contribution in [0.2, 0.25) is 0 Å². The summed E-state index contributed by atoms with van der Waals surface area (Å²) in [5, 5.41) is 8.95. The standard InChI is InChI=1S/C11H19NO3/c13-11(14)10-2-1-4-12(5-3-10)6-9-7-15-8-9/h9-10H,1-8H2,(H,13,14). The average molecular weight is 213 g/mol. The molecule has 0 spiro atoms. The Morgan fingerprint density at radius 1 is 1.33 bits per heavy atom. The molecule has 0 aliphatic carbocycles. The van der Waals surface area contributed by atoms with E-state index in [4.69, 9.17) is 9.84 Å². The lowest BCUT2D eigenvalue weighted by atomic mass is 10.0. The van der Waals surface area contributed by atoms with Crippen LogP contribution in [-0.4, -0.2) is 48.8 Å². The third kappa shape index (κ3) is 2.92. The minimum atomic E-state index is -0.621. The van der Waals surface area contributed by atoms with E-state index in [2.05, 4.69) is 4.90 Å². The predicted molar refractivity (Wildman–Crippen MR) is 55.7 cm³/mol. The van der Waals surface area contributed by atoms with Gasteiger partial charge in [-0.15, -0.1) is 0 Å². The Hall–Kier alpha value is -0.610. The molecule has 0 aromatic carbocycles. The highest BCUT2D eigenvalue weighted by atomic mass is 16.5. The lowest BCUT2D eigenvalue weighted by molar-refractivity contribution is -0.142. The van der Waals surface area contributed by atoms with Gasteiger partial charge in [0.15, 0.2) is 0 Å². The summed E-state index contributed by atoms with van der Waals surface area (Å²) < 4.78 is 5.15. The van der Waals surface area contributed by atoms with Crippen LogP contribution in [0.15, 0.2) is 0 Å². The minimum Gasteiger partial charge on any atom is -0.481 e. The first-order valence-electron chi connectivity index (χ1n) is 5.78. The molecule has 1 unspecified atom stereocenters. The monoisotopic (exact) mass is 213 g/mol. The molecule has 0 bridgehead atoms. The van der Waals surface area contributed by atoms with Gasteiger partial charge in [0, 0.05) is 12.5 Å². The Balaban J connectivity index is 1.76. The van der Waals surface area contributed by atoms with Gasteiger partial charge in [0.05, 0.1) is 19.1 Å². The summed E-state index contributed by atoms with van der Waals surface area (Å²) >= 11 is 0. The number of aliphatic carboxylic acids is 1. The largest absolute Gasteiger partial charge is 0.481 e. The number of nitrogens with zero attached hydrogens (tertiary/aromatic N) is 1. The van der Waals surface area contributed by atoms with Gasteiger partial charge in [0.2, 0.25) is 0 Å². The highest BCUT2D eigenvalue weighted by Crippen LogP contribution is 2.20. The molecule has 2 fully saturated rings. The summed E-state index contributed by atoms with van der Waals surface area (Å²) in [5.41, 5.74) is 0. The van der Waals surface area contributed by atoms with E-state index < -0.39 is 5.97 Å². The third-order valence-corrected chi connectivity index (χ3v) is 3.39. The van der Waals surface area contributed by atoms with E-state index in [-0.39, 0.29) is 5.92 Å². The Labute approximate surface area is 90.2 Å². The maximum atomic E-state index is 10.9. The number of carboxylic acids is 1. The van der Waals surface area contributed by atoms with Gasteiger partial charge in [-0.05, 0) is 32.4 Å². The van der Waals surface area contributed by atoms with E-state index in [1.54, 1.807) is 0 Å². The number of hydrogen-bond donors (Lipinski definition) is 1. The molecule has 4 heteroatoms. The zero-order valence-corrected chi connectivity index (χ0v) is 9.02. The van der Waals surface area contributed by atoms with Crippen molar-refractivity contribution in [3.8, 4) is 0 Å². The van der Waals surface area contributed by atoms with Crippen molar-refractivity contribution in [2.24, 2.45) is 11.8 Å². The molecule has 0 amide bonds. The molecular weight excluding hydrogens is 194 g/mol. The van der Waals surface area contributed by atoms with Crippen molar-refractivity contribution < 1.29 is 14.6 Å². The molecule has 2 rings (SSSR count). The van der Waals surface area contributed by atoms with E-state index in [1.165, 1.54) is 0 Å². The van der Waals surface area contributed by atoms with Crippen LogP contribution < -0.4 is 0 Å². The fourth-order valence-corrected chi connectivity index (χ4v) is 2.34. The van der Waals surface area contributed by atoms with Crippen LogP contribution in [0.1, 0.15) is 19.3 Å². The maximum absolute atomic E-state index is 10.9. The van der Waals surface area contributed by atoms with Crippen LogP contribution in [-0.2, 0) is 9.53 Å². The highest BCUT2D eigenvalue weighted by Gasteiger charge is 2.26. The van der Waals surface area contributed by atoms with Crippen molar-refractivity contribution in [1.82, 2.24) is 4.90 Å². The van der Waals surface area contributed by atoms with Crippen molar-refractivity contribution in [3.05, 3.63) is 0 Å². The van der Waals surface area contributed by atoms with Gasteiger partial charge >= 0.3 is 5.97 Å². The molecule has 0 saturated carbocycles. The summed E-state index contributed by atoms with van der Waals surface area (Å²) in [4.78, 5) is 13.3. The predicted octanol–water partition coefficient (Wildman–Crippen LogP) is 0.820. The number of ether oxygens (including phenoxy) is 1. The molecule has 0 aromatic heterocycles. The molecule has 0 aromatic rings. The quantitative estimate of drug-likeness (QED) is 0.754. The third-order valence-electron chi connectivity index (χ3n) is 3.39. The zero-order chi connectivity index (χ0) is 10.7. The fourth-order valence-electron chi connectivity index (χ4n) is 2.34. The second kappa shape index (κ2) is 4.94.